The maximum atomic E-state index is 12.6. The largest absolute Gasteiger partial charge is 0.504 e. The number of phenols is 4. The van der Waals surface area contributed by atoms with E-state index >= 15 is 0 Å². The summed E-state index contributed by atoms with van der Waals surface area (Å²) in [4.78, 5) is 25.2. The molecule has 1 aliphatic rings. The fourth-order valence-corrected chi connectivity index (χ4v) is 2.72. The molecule has 0 unspecified atom stereocenters. The summed E-state index contributed by atoms with van der Waals surface area (Å²) in [5, 5.41) is 39.8. The number of carbonyl (C=O) groups excluding carboxylic acids is 2. The van der Waals surface area contributed by atoms with Gasteiger partial charge in [0, 0.05) is 11.1 Å². The van der Waals surface area contributed by atoms with E-state index in [1.807, 2.05) is 0 Å². The van der Waals surface area contributed by atoms with Crippen molar-refractivity contribution in [3.05, 3.63) is 39.9 Å². The van der Waals surface area contributed by atoms with Gasteiger partial charge in [-0.2, -0.15) is 0 Å². The summed E-state index contributed by atoms with van der Waals surface area (Å²) in [6, 6.07) is 2.29. The lowest BCUT2D eigenvalue weighted by molar-refractivity contribution is 0.0972. The average Bonchev–Trinajstić information content (AvgIpc) is 2.49. The zero-order valence-corrected chi connectivity index (χ0v) is 12.2. The van der Waals surface area contributed by atoms with Crippen molar-refractivity contribution in [2.24, 2.45) is 0 Å². The minimum Gasteiger partial charge on any atom is -0.504 e. The van der Waals surface area contributed by atoms with E-state index in [1.54, 1.807) is 0 Å². The maximum absolute atomic E-state index is 12.6. The minimum absolute atomic E-state index is 0.112. The smallest absolute Gasteiger partial charge is 0.203 e. The number of hydrogen-bond acceptors (Lipinski definition) is 7. The van der Waals surface area contributed by atoms with E-state index in [0.29, 0.717) is 0 Å². The van der Waals surface area contributed by atoms with E-state index < -0.39 is 45.7 Å². The molecule has 0 atom stereocenters. The summed E-state index contributed by atoms with van der Waals surface area (Å²) in [5.74, 6) is -4.31. The SMILES string of the molecule is COc1c(O)cc2c(c1O)C(=O)c1c(cc(C)c(O)c1O)C2=O. The number of aromatic hydroxyl groups is 4. The molecular formula is C16H12O7. The van der Waals surface area contributed by atoms with E-state index in [0.717, 1.165) is 6.07 Å². The predicted molar refractivity (Wildman–Crippen MR) is 77.7 cm³/mol. The van der Waals surface area contributed by atoms with Gasteiger partial charge in [0.2, 0.25) is 11.5 Å². The van der Waals surface area contributed by atoms with Gasteiger partial charge in [0.25, 0.3) is 0 Å². The molecule has 23 heavy (non-hydrogen) atoms. The molecule has 0 heterocycles. The summed E-state index contributed by atoms with van der Waals surface area (Å²) >= 11 is 0. The van der Waals surface area contributed by atoms with Crippen LogP contribution >= 0.6 is 0 Å². The summed E-state index contributed by atoms with van der Waals surface area (Å²) in [5.41, 5.74) is -0.890. The number of benzene rings is 2. The van der Waals surface area contributed by atoms with Crippen LogP contribution in [0.1, 0.15) is 37.4 Å². The van der Waals surface area contributed by atoms with E-state index in [1.165, 1.54) is 20.1 Å². The predicted octanol–water partition coefficient (Wildman–Crippen LogP) is 1.60. The molecule has 0 radical (unpaired) electrons. The first-order valence-electron chi connectivity index (χ1n) is 6.57. The van der Waals surface area contributed by atoms with E-state index in [9.17, 15) is 30.0 Å². The molecule has 0 bridgehead atoms. The van der Waals surface area contributed by atoms with Crippen molar-refractivity contribution >= 4 is 11.6 Å². The lowest BCUT2D eigenvalue weighted by atomic mass is 9.81. The number of fused-ring (bicyclic) bond motifs is 2. The van der Waals surface area contributed by atoms with Crippen LogP contribution in [-0.2, 0) is 0 Å². The number of phenolic OH excluding ortho intramolecular Hbond substituents is 4. The molecule has 0 saturated carbocycles. The Morgan fingerprint density at radius 1 is 0.826 bits per heavy atom. The summed E-state index contributed by atoms with van der Waals surface area (Å²) in [6.07, 6.45) is 0. The van der Waals surface area contributed by atoms with Crippen LogP contribution < -0.4 is 4.74 Å². The van der Waals surface area contributed by atoms with Crippen molar-refractivity contribution in [3.63, 3.8) is 0 Å². The Morgan fingerprint density at radius 3 is 2.00 bits per heavy atom. The molecule has 118 valence electrons. The van der Waals surface area contributed by atoms with Crippen LogP contribution in [0.15, 0.2) is 12.1 Å². The zero-order valence-electron chi connectivity index (χ0n) is 12.2. The van der Waals surface area contributed by atoms with Crippen molar-refractivity contribution < 1.29 is 34.8 Å². The molecule has 0 aromatic heterocycles. The highest BCUT2D eigenvalue weighted by molar-refractivity contribution is 6.31. The van der Waals surface area contributed by atoms with E-state index in [2.05, 4.69) is 0 Å². The number of hydrogen-bond donors (Lipinski definition) is 4. The topological polar surface area (TPSA) is 124 Å². The molecule has 0 aliphatic heterocycles. The van der Waals surface area contributed by atoms with Crippen LogP contribution in [0, 0.1) is 6.92 Å². The third-order valence-electron chi connectivity index (χ3n) is 3.85. The van der Waals surface area contributed by atoms with Gasteiger partial charge in [-0.1, -0.05) is 0 Å². The fourth-order valence-electron chi connectivity index (χ4n) is 2.72. The highest BCUT2D eigenvalue weighted by Gasteiger charge is 2.38. The maximum Gasteiger partial charge on any atom is 0.203 e. The van der Waals surface area contributed by atoms with Gasteiger partial charge in [0.15, 0.2) is 28.8 Å². The number of ether oxygens (including phenoxy) is 1. The van der Waals surface area contributed by atoms with Gasteiger partial charge in [-0.25, -0.2) is 0 Å². The number of rotatable bonds is 1. The van der Waals surface area contributed by atoms with Crippen molar-refractivity contribution in [3.8, 4) is 28.7 Å². The number of methoxy groups -OCH3 is 1. The Hall–Kier alpha value is -3.22. The standard InChI is InChI=1S/C16H12O7/c1-5-3-6-9(14(21)11(5)18)13(20)10-7(12(6)19)4-8(17)16(23-2)15(10)22/h3-4,17-18,21-22H,1-2H3. The quantitative estimate of drug-likeness (QED) is 0.503. The molecule has 1 aliphatic carbocycles. The summed E-state index contributed by atoms with van der Waals surface area (Å²) in [7, 11) is 1.18. The van der Waals surface area contributed by atoms with Crippen molar-refractivity contribution in [2.45, 2.75) is 6.92 Å². The molecule has 0 saturated heterocycles. The van der Waals surface area contributed by atoms with Gasteiger partial charge in [0.1, 0.15) is 0 Å². The molecule has 3 rings (SSSR count). The van der Waals surface area contributed by atoms with E-state index in [-0.39, 0.29) is 22.4 Å². The van der Waals surface area contributed by atoms with Gasteiger partial charge in [0.05, 0.1) is 18.2 Å². The third-order valence-corrected chi connectivity index (χ3v) is 3.85. The molecule has 0 amide bonds. The lowest BCUT2D eigenvalue weighted by Gasteiger charge is -2.21. The Labute approximate surface area is 130 Å². The van der Waals surface area contributed by atoms with Crippen LogP contribution in [0.4, 0.5) is 0 Å². The van der Waals surface area contributed by atoms with Gasteiger partial charge >= 0.3 is 0 Å². The molecule has 7 nitrogen and oxygen atoms in total. The second kappa shape index (κ2) is 4.64. The van der Waals surface area contributed by atoms with Gasteiger partial charge in [-0.15, -0.1) is 0 Å². The van der Waals surface area contributed by atoms with Crippen molar-refractivity contribution in [1.29, 1.82) is 0 Å². The Kier molecular flexibility index (Phi) is 2.97. The highest BCUT2D eigenvalue weighted by atomic mass is 16.5. The van der Waals surface area contributed by atoms with Crippen LogP contribution in [0.3, 0.4) is 0 Å². The molecular weight excluding hydrogens is 304 g/mol. The first kappa shape index (κ1) is 14.7. The van der Waals surface area contributed by atoms with Crippen molar-refractivity contribution in [2.75, 3.05) is 7.11 Å². The average molecular weight is 316 g/mol. The molecule has 7 heteroatoms. The number of aryl methyl sites for hydroxylation is 1. The second-order valence-electron chi connectivity index (χ2n) is 5.17. The van der Waals surface area contributed by atoms with Crippen LogP contribution in [0.2, 0.25) is 0 Å². The Bertz CT molecular complexity index is 896. The lowest BCUT2D eigenvalue weighted by Crippen LogP contribution is -2.21. The summed E-state index contributed by atoms with van der Waals surface area (Å²) in [6.45, 7) is 1.46. The Morgan fingerprint density at radius 2 is 1.39 bits per heavy atom. The summed E-state index contributed by atoms with van der Waals surface area (Å²) < 4.78 is 4.81. The third kappa shape index (κ3) is 1.76. The molecule has 0 spiro atoms. The molecule has 0 fully saturated rings. The minimum atomic E-state index is -0.849. The van der Waals surface area contributed by atoms with Crippen molar-refractivity contribution in [1.82, 2.24) is 0 Å². The molecule has 2 aromatic carbocycles. The van der Waals surface area contributed by atoms with Gasteiger partial charge in [-0.3, -0.25) is 9.59 Å². The molecule has 4 N–H and O–H groups in total. The number of ketones is 2. The van der Waals surface area contributed by atoms with Crippen LogP contribution in [-0.4, -0.2) is 39.1 Å². The monoisotopic (exact) mass is 316 g/mol. The van der Waals surface area contributed by atoms with Gasteiger partial charge in [-0.05, 0) is 24.6 Å². The van der Waals surface area contributed by atoms with Crippen LogP contribution in [0.5, 0.6) is 28.7 Å². The van der Waals surface area contributed by atoms with Crippen LogP contribution in [0.25, 0.3) is 0 Å². The first-order chi connectivity index (χ1) is 10.8. The molecule has 2 aromatic rings. The fraction of sp³-hybridized carbons (Fsp3) is 0.125. The van der Waals surface area contributed by atoms with Gasteiger partial charge < -0.3 is 25.2 Å². The highest BCUT2D eigenvalue weighted by Crippen LogP contribution is 2.47. The zero-order chi connectivity index (χ0) is 17.0. The van der Waals surface area contributed by atoms with E-state index in [4.69, 9.17) is 4.74 Å². The Balaban J connectivity index is 2.41. The number of carbonyl (C=O) groups is 2. The first-order valence-corrected chi connectivity index (χ1v) is 6.57. The normalized spacial score (nSPS) is 12.8. The second-order valence-corrected chi connectivity index (χ2v) is 5.17.